The van der Waals surface area contributed by atoms with Gasteiger partial charge in [-0.05, 0) is 35.4 Å². The molecule has 2 aromatic rings. The maximum absolute atomic E-state index is 13.3. The van der Waals surface area contributed by atoms with E-state index in [4.69, 9.17) is 9.47 Å². The average molecular weight is 479 g/mol. The van der Waals surface area contributed by atoms with Crippen LogP contribution in [0.2, 0.25) is 0 Å². The van der Waals surface area contributed by atoms with Crippen LogP contribution in [-0.2, 0) is 37.4 Å². The van der Waals surface area contributed by atoms with Crippen LogP contribution in [0.15, 0.2) is 48.5 Å². The van der Waals surface area contributed by atoms with Crippen LogP contribution in [0.4, 0.5) is 0 Å². The summed E-state index contributed by atoms with van der Waals surface area (Å²) in [6.45, 7) is 1.11. The lowest BCUT2D eigenvalue weighted by Crippen LogP contribution is -2.41. The van der Waals surface area contributed by atoms with Crippen LogP contribution in [0.25, 0.3) is 0 Å². The summed E-state index contributed by atoms with van der Waals surface area (Å²) >= 11 is 0. The third-order valence-electron chi connectivity index (χ3n) is 5.04. The van der Waals surface area contributed by atoms with Gasteiger partial charge in [-0.2, -0.15) is 4.31 Å². The van der Waals surface area contributed by atoms with Gasteiger partial charge in [0.05, 0.1) is 27.1 Å². The van der Waals surface area contributed by atoms with Crippen molar-refractivity contribution >= 4 is 21.9 Å². The highest BCUT2D eigenvalue weighted by molar-refractivity contribution is 7.89. The number of sulfonamides is 1. The number of nitrogens with zero attached hydrogens (tertiary/aromatic N) is 2. The van der Waals surface area contributed by atoms with Crippen molar-refractivity contribution in [3.8, 4) is 11.5 Å². The molecule has 0 aromatic heterocycles. The molecule has 0 saturated carbocycles. The summed E-state index contributed by atoms with van der Waals surface area (Å²) in [6.07, 6.45) is 0. The Bertz CT molecular complexity index is 972. The highest BCUT2D eigenvalue weighted by atomic mass is 32.2. The molecule has 0 saturated heterocycles. The molecule has 10 heteroatoms. The smallest absolute Gasteiger partial charge is 0.325 e. The van der Waals surface area contributed by atoms with Gasteiger partial charge < -0.3 is 19.1 Å². The zero-order valence-electron chi connectivity index (χ0n) is 19.3. The molecule has 0 aliphatic heterocycles. The molecular weight excluding hydrogens is 448 g/mol. The van der Waals surface area contributed by atoms with E-state index in [1.54, 1.807) is 62.8 Å². The van der Waals surface area contributed by atoms with E-state index in [2.05, 4.69) is 4.74 Å². The number of methoxy groups -OCH3 is 3. The van der Waals surface area contributed by atoms with Crippen LogP contribution in [0.3, 0.4) is 0 Å². The van der Waals surface area contributed by atoms with Crippen LogP contribution in [-0.4, -0.2) is 69.7 Å². The third-order valence-corrected chi connectivity index (χ3v) is 6.78. The second-order valence-electron chi connectivity index (χ2n) is 7.30. The predicted molar refractivity (Wildman–Crippen MR) is 123 cm³/mol. The Hall–Kier alpha value is -3.11. The van der Waals surface area contributed by atoms with Crippen molar-refractivity contribution in [3.63, 3.8) is 0 Å². The molecule has 33 heavy (non-hydrogen) atoms. The first-order valence-electron chi connectivity index (χ1n) is 10.2. The Kier molecular flexibility index (Phi) is 9.68. The normalized spacial score (nSPS) is 11.2. The predicted octanol–water partition coefficient (Wildman–Crippen LogP) is 2.06. The second-order valence-corrected chi connectivity index (χ2v) is 9.39. The lowest BCUT2D eigenvalue weighted by Gasteiger charge is -2.25. The molecule has 0 fully saturated rings. The summed E-state index contributed by atoms with van der Waals surface area (Å²) in [6, 6.07) is 14.3. The van der Waals surface area contributed by atoms with Gasteiger partial charge >= 0.3 is 5.97 Å². The number of hydrogen-bond acceptors (Lipinski definition) is 7. The monoisotopic (exact) mass is 478 g/mol. The topological polar surface area (TPSA) is 102 Å². The first-order valence-corrected chi connectivity index (χ1v) is 11.9. The molecule has 0 radical (unpaired) electrons. The Morgan fingerprint density at radius 3 is 1.64 bits per heavy atom. The van der Waals surface area contributed by atoms with E-state index in [9.17, 15) is 18.0 Å². The van der Waals surface area contributed by atoms with Gasteiger partial charge in [0.2, 0.25) is 15.9 Å². The largest absolute Gasteiger partial charge is 0.497 e. The number of amides is 1. The maximum Gasteiger partial charge on any atom is 0.325 e. The number of ether oxygens (including phenoxy) is 3. The quantitative estimate of drug-likeness (QED) is 0.430. The molecule has 2 rings (SSSR count). The van der Waals surface area contributed by atoms with Crippen LogP contribution in [0.5, 0.6) is 11.5 Å². The van der Waals surface area contributed by atoms with Gasteiger partial charge in [0, 0.05) is 26.6 Å². The first-order chi connectivity index (χ1) is 15.7. The van der Waals surface area contributed by atoms with Gasteiger partial charge in [-0.3, -0.25) is 9.59 Å². The van der Waals surface area contributed by atoms with E-state index in [-0.39, 0.29) is 31.9 Å². The highest BCUT2D eigenvalue weighted by Crippen LogP contribution is 2.19. The minimum Gasteiger partial charge on any atom is -0.497 e. The standard InChI is InChI=1S/C23H30N2O7S/c1-18(26)24(17-23(27)32-4)13-14-33(28,29)25(15-19-5-9-21(30-2)10-6-19)16-20-7-11-22(31-3)12-8-20/h5-12H,13-17H2,1-4H3. The number of rotatable bonds is 12. The summed E-state index contributed by atoms with van der Waals surface area (Å²) in [5, 5.41) is 0. The van der Waals surface area contributed by atoms with E-state index >= 15 is 0 Å². The van der Waals surface area contributed by atoms with Gasteiger partial charge in [-0.15, -0.1) is 0 Å². The second kappa shape index (κ2) is 12.2. The number of carbonyl (C=O) groups is 2. The van der Waals surface area contributed by atoms with Crippen molar-refractivity contribution in [2.75, 3.05) is 40.2 Å². The van der Waals surface area contributed by atoms with Crippen LogP contribution in [0.1, 0.15) is 18.1 Å². The number of carbonyl (C=O) groups excluding carboxylic acids is 2. The Morgan fingerprint density at radius 2 is 1.27 bits per heavy atom. The van der Waals surface area contributed by atoms with E-state index in [0.29, 0.717) is 11.5 Å². The fourth-order valence-electron chi connectivity index (χ4n) is 3.04. The number of esters is 1. The van der Waals surface area contributed by atoms with Gasteiger partial charge in [-0.25, -0.2) is 8.42 Å². The lowest BCUT2D eigenvalue weighted by molar-refractivity contribution is -0.146. The van der Waals surface area contributed by atoms with E-state index in [1.807, 2.05) is 0 Å². The fourth-order valence-corrected chi connectivity index (χ4v) is 4.45. The molecule has 0 aliphatic rings. The van der Waals surface area contributed by atoms with Crippen molar-refractivity contribution < 1.29 is 32.2 Å². The van der Waals surface area contributed by atoms with Gasteiger partial charge in [0.25, 0.3) is 0 Å². The van der Waals surface area contributed by atoms with Crippen molar-refractivity contribution in [3.05, 3.63) is 59.7 Å². The van der Waals surface area contributed by atoms with Crippen molar-refractivity contribution in [2.45, 2.75) is 20.0 Å². The first kappa shape index (κ1) is 26.1. The van der Waals surface area contributed by atoms with Gasteiger partial charge in [-0.1, -0.05) is 24.3 Å². The molecule has 0 unspecified atom stereocenters. The van der Waals surface area contributed by atoms with Crippen LogP contribution in [0, 0.1) is 0 Å². The molecule has 0 atom stereocenters. The maximum atomic E-state index is 13.3. The van der Waals surface area contributed by atoms with Gasteiger partial charge in [0.15, 0.2) is 0 Å². The molecule has 0 heterocycles. The molecule has 1 amide bonds. The molecule has 2 aromatic carbocycles. The molecular formula is C23H30N2O7S. The summed E-state index contributed by atoms with van der Waals surface area (Å²) in [4.78, 5) is 24.6. The minimum absolute atomic E-state index is 0.130. The average Bonchev–Trinajstić information content (AvgIpc) is 2.81. The van der Waals surface area contributed by atoms with E-state index in [1.165, 1.54) is 18.3 Å². The van der Waals surface area contributed by atoms with Gasteiger partial charge in [0.1, 0.15) is 18.0 Å². The zero-order chi connectivity index (χ0) is 24.4. The molecule has 0 spiro atoms. The number of hydrogen-bond donors (Lipinski definition) is 0. The molecule has 180 valence electrons. The lowest BCUT2D eigenvalue weighted by atomic mass is 10.2. The molecule has 9 nitrogen and oxygen atoms in total. The van der Waals surface area contributed by atoms with Crippen LogP contribution >= 0.6 is 0 Å². The molecule has 0 N–H and O–H groups in total. The third kappa shape index (κ3) is 8.07. The molecule has 0 bridgehead atoms. The van der Waals surface area contributed by atoms with E-state index in [0.717, 1.165) is 16.0 Å². The minimum atomic E-state index is -3.80. The van der Waals surface area contributed by atoms with Crippen molar-refractivity contribution in [1.29, 1.82) is 0 Å². The fraction of sp³-hybridized carbons (Fsp3) is 0.391. The summed E-state index contributed by atoms with van der Waals surface area (Å²) < 4.78 is 42.9. The highest BCUT2D eigenvalue weighted by Gasteiger charge is 2.25. The molecule has 0 aliphatic carbocycles. The Labute approximate surface area is 194 Å². The van der Waals surface area contributed by atoms with Crippen molar-refractivity contribution in [2.24, 2.45) is 0 Å². The van der Waals surface area contributed by atoms with E-state index < -0.39 is 21.9 Å². The summed E-state index contributed by atoms with van der Waals surface area (Å²) in [7, 11) is 0.535. The Balaban J connectivity index is 2.24. The summed E-state index contributed by atoms with van der Waals surface area (Å²) in [5.74, 6) is -0.0228. The van der Waals surface area contributed by atoms with Crippen LogP contribution < -0.4 is 9.47 Å². The van der Waals surface area contributed by atoms with Crippen molar-refractivity contribution in [1.82, 2.24) is 9.21 Å². The summed E-state index contributed by atoms with van der Waals surface area (Å²) in [5.41, 5.74) is 1.57. The Morgan fingerprint density at radius 1 is 0.818 bits per heavy atom. The zero-order valence-corrected chi connectivity index (χ0v) is 20.1. The number of benzene rings is 2. The SMILES string of the molecule is COC(=O)CN(CCS(=O)(=O)N(Cc1ccc(OC)cc1)Cc1ccc(OC)cc1)C(C)=O.